The fourth-order valence-corrected chi connectivity index (χ4v) is 2.84. The second-order valence-electron chi connectivity index (χ2n) is 6.57. The summed E-state index contributed by atoms with van der Waals surface area (Å²) in [7, 11) is 0. The lowest BCUT2D eigenvalue weighted by Crippen LogP contribution is -2.37. The van der Waals surface area contributed by atoms with Crippen LogP contribution in [0.3, 0.4) is 0 Å². The number of aliphatic imine (C=N–C) groups is 1. The maximum atomic E-state index is 12.6. The fourth-order valence-electron chi connectivity index (χ4n) is 2.84. The quantitative estimate of drug-likeness (QED) is 0.440. The van der Waals surface area contributed by atoms with Crippen molar-refractivity contribution >= 4 is 5.96 Å². The number of ether oxygens (including phenoxy) is 1. The van der Waals surface area contributed by atoms with Gasteiger partial charge in [-0.15, -0.1) is 13.2 Å². The highest BCUT2D eigenvalue weighted by molar-refractivity contribution is 5.79. The molecule has 0 saturated carbocycles. The summed E-state index contributed by atoms with van der Waals surface area (Å²) in [4.78, 5) is 13.1. The van der Waals surface area contributed by atoms with Crippen molar-refractivity contribution in [3.63, 3.8) is 0 Å². The summed E-state index contributed by atoms with van der Waals surface area (Å²) in [5, 5.41) is 6.11. The van der Waals surface area contributed by atoms with Crippen molar-refractivity contribution < 1.29 is 17.9 Å². The lowest BCUT2D eigenvalue weighted by Gasteiger charge is -2.15. The first kappa shape index (κ1) is 22.1. The average molecular weight is 432 g/mol. The van der Waals surface area contributed by atoms with Crippen molar-refractivity contribution in [1.82, 2.24) is 25.2 Å². The number of hydrogen-bond donors (Lipinski definition) is 2. The second-order valence-corrected chi connectivity index (χ2v) is 6.57. The minimum atomic E-state index is -4.75. The molecule has 0 aliphatic rings. The van der Waals surface area contributed by atoms with Gasteiger partial charge in [-0.1, -0.05) is 24.3 Å². The van der Waals surface area contributed by atoms with Crippen LogP contribution in [-0.2, 0) is 13.1 Å². The third-order valence-electron chi connectivity index (χ3n) is 4.29. The molecule has 164 valence electrons. The molecule has 0 atom stereocenters. The number of hydrogen-bond acceptors (Lipinski definition) is 4. The van der Waals surface area contributed by atoms with Gasteiger partial charge in [-0.25, -0.2) is 15.0 Å². The molecule has 0 fully saturated rings. The standard InChI is InChI=1S/C21H23F3N6O/c1-3-25-20(29-14-17-6-4-5-7-18(17)31-21(22,23)24)28-13-16-8-9-19(27-12-16)30-11-10-26-15(30)2/h4-12H,3,13-14H2,1-2H3,(H2,25,28,29). The number of imidazole rings is 1. The van der Waals surface area contributed by atoms with E-state index in [1.807, 2.05) is 36.7 Å². The molecule has 0 aliphatic heterocycles. The first-order chi connectivity index (χ1) is 14.9. The minimum absolute atomic E-state index is 0.120. The maximum Gasteiger partial charge on any atom is 0.573 e. The molecule has 0 saturated heterocycles. The van der Waals surface area contributed by atoms with Crippen LogP contribution >= 0.6 is 0 Å². The number of alkyl halides is 3. The molecular formula is C21H23F3N6O. The average Bonchev–Trinajstić information content (AvgIpc) is 3.16. The molecule has 0 radical (unpaired) electrons. The number of nitrogens with one attached hydrogen (secondary N) is 2. The lowest BCUT2D eigenvalue weighted by atomic mass is 10.2. The van der Waals surface area contributed by atoms with Gasteiger partial charge in [-0.05, 0) is 31.5 Å². The van der Waals surface area contributed by atoms with Crippen LogP contribution in [0, 0.1) is 6.92 Å². The lowest BCUT2D eigenvalue weighted by molar-refractivity contribution is -0.274. The van der Waals surface area contributed by atoms with E-state index in [4.69, 9.17) is 0 Å². The minimum Gasteiger partial charge on any atom is -0.405 e. The second kappa shape index (κ2) is 9.96. The summed E-state index contributed by atoms with van der Waals surface area (Å²) < 4.78 is 43.8. The number of benzene rings is 1. The van der Waals surface area contributed by atoms with Crippen molar-refractivity contribution in [1.29, 1.82) is 0 Å². The number of guanidine groups is 1. The van der Waals surface area contributed by atoms with E-state index >= 15 is 0 Å². The SMILES string of the molecule is CCNC(=NCc1ccc(-n2ccnc2C)nc1)NCc1ccccc1OC(F)(F)F. The Kier molecular flexibility index (Phi) is 7.11. The summed E-state index contributed by atoms with van der Waals surface area (Å²) in [6, 6.07) is 9.79. The summed E-state index contributed by atoms with van der Waals surface area (Å²) in [6.07, 6.45) is 0.530. The monoisotopic (exact) mass is 432 g/mol. The van der Waals surface area contributed by atoms with Crippen LogP contribution in [0.5, 0.6) is 5.75 Å². The molecule has 2 aromatic heterocycles. The van der Waals surface area contributed by atoms with Crippen LogP contribution in [-0.4, -0.2) is 33.4 Å². The van der Waals surface area contributed by atoms with Crippen molar-refractivity contribution in [3.8, 4) is 11.6 Å². The molecule has 0 aliphatic carbocycles. The number of pyridine rings is 1. The van der Waals surface area contributed by atoms with Gasteiger partial charge in [-0.3, -0.25) is 4.57 Å². The molecule has 2 heterocycles. The van der Waals surface area contributed by atoms with Crippen molar-refractivity contribution in [2.45, 2.75) is 33.3 Å². The van der Waals surface area contributed by atoms with Gasteiger partial charge in [0.25, 0.3) is 0 Å². The van der Waals surface area contributed by atoms with E-state index in [1.54, 1.807) is 24.5 Å². The highest BCUT2D eigenvalue weighted by Crippen LogP contribution is 2.26. The van der Waals surface area contributed by atoms with E-state index in [0.717, 1.165) is 17.2 Å². The van der Waals surface area contributed by atoms with Crippen LogP contribution in [0.15, 0.2) is 60.0 Å². The number of nitrogens with zero attached hydrogens (tertiary/aromatic N) is 4. The molecule has 0 amide bonds. The zero-order valence-corrected chi connectivity index (χ0v) is 17.1. The zero-order chi connectivity index (χ0) is 22.3. The predicted molar refractivity (Wildman–Crippen MR) is 111 cm³/mol. The third kappa shape index (κ3) is 6.46. The zero-order valence-electron chi connectivity index (χ0n) is 17.1. The maximum absolute atomic E-state index is 12.6. The molecule has 0 bridgehead atoms. The smallest absolute Gasteiger partial charge is 0.405 e. The van der Waals surface area contributed by atoms with Gasteiger partial charge in [0.2, 0.25) is 0 Å². The normalized spacial score (nSPS) is 12.0. The van der Waals surface area contributed by atoms with Crippen LogP contribution < -0.4 is 15.4 Å². The first-order valence-corrected chi connectivity index (χ1v) is 9.67. The van der Waals surface area contributed by atoms with E-state index in [0.29, 0.717) is 24.6 Å². The highest BCUT2D eigenvalue weighted by atomic mass is 19.4. The van der Waals surface area contributed by atoms with Gasteiger partial charge in [0.15, 0.2) is 5.96 Å². The van der Waals surface area contributed by atoms with Gasteiger partial charge in [0.05, 0.1) is 6.54 Å². The number of aryl methyl sites for hydroxylation is 1. The van der Waals surface area contributed by atoms with Gasteiger partial charge in [-0.2, -0.15) is 0 Å². The van der Waals surface area contributed by atoms with Crippen LogP contribution in [0.25, 0.3) is 5.82 Å². The van der Waals surface area contributed by atoms with E-state index < -0.39 is 6.36 Å². The molecule has 0 spiro atoms. The third-order valence-corrected chi connectivity index (χ3v) is 4.29. The van der Waals surface area contributed by atoms with Crippen LogP contribution in [0.4, 0.5) is 13.2 Å². The molecule has 0 unspecified atom stereocenters. The van der Waals surface area contributed by atoms with Gasteiger partial charge in [0.1, 0.15) is 17.4 Å². The van der Waals surface area contributed by atoms with E-state index in [9.17, 15) is 13.2 Å². The number of aromatic nitrogens is 3. The topological polar surface area (TPSA) is 76.4 Å². The Morgan fingerprint density at radius 3 is 2.58 bits per heavy atom. The van der Waals surface area contributed by atoms with E-state index in [2.05, 4.69) is 30.3 Å². The molecule has 7 nitrogen and oxygen atoms in total. The molecule has 1 aromatic carbocycles. The largest absolute Gasteiger partial charge is 0.573 e. The first-order valence-electron chi connectivity index (χ1n) is 9.67. The Bertz CT molecular complexity index is 1010. The summed E-state index contributed by atoms with van der Waals surface area (Å²) in [5.74, 6) is 1.83. The van der Waals surface area contributed by atoms with Crippen molar-refractivity contribution in [3.05, 3.63) is 71.9 Å². The van der Waals surface area contributed by atoms with Gasteiger partial charge >= 0.3 is 6.36 Å². The van der Waals surface area contributed by atoms with E-state index in [-0.39, 0.29) is 12.3 Å². The Balaban J connectivity index is 1.65. The van der Waals surface area contributed by atoms with Gasteiger partial charge in [0, 0.05) is 37.2 Å². The highest BCUT2D eigenvalue weighted by Gasteiger charge is 2.31. The Hall–Kier alpha value is -3.56. The molecule has 3 aromatic rings. The van der Waals surface area contributed by atoms with Crippen LogP contribution in [0.1, 0.15) is 23.9 Å². The molecular weight excluding hydrogens is 409 g/mol. The van der Waals surface area contributed by atoms with Gasteiger partial charge < -0.3 is 15.4 Å². The number of rotatable bonds is 7. The number of halogens is 3. The summed E-state index contributed by atoms with van der Waals surface area (Å²) in [6.45, 7) is 4.87. The molecule has 31 heavy (non-hydrogen) atoms. The molecule has 10 heteroatoms. The van der Waals surface area contributed by atoms with Crippen molar-refractivity contribution in [2.75, 3.05) is 6.54 Å². The van der Waals surface area contributed by atoms with Crippen LogP contribution in [0.2, 0.25) is 0 Å². The predicted octanol–water partition coefficient (Wildman–Crippen LogP) is 3.73. The summed E-state index contributed by atoms with van der Waals surface area (Å²) in [5.41, 5.74) is 1.26. The molecule has 3 rings (SSSR count). The number of para-hydroxylation sites is 1. The Morgan fingerprint density at radius 2 is 1.94 bits per heavy atom. The Labute approximate surface area is 178 Å². The van der Waals surface area contributed by atoms with Crippen molar-refractivity contribution in [2.24, 2.45) is 4.99 Å². The summed E-state index contributed by atoms with van der Waals surface area (Å²) >= 11 is 0. The fraction of sp³-hybridized carbons (Fsp3) is 0.286. The Morgan fingerprint density at radius 1 is 1.13 bits per heavy atom. The molecule has 2 N–H and O–H groups in total. The van der Waals surface area contributed by atoms with E-state index in [1.165, 1.54) is 12.1 Å².